The first-order valence-electron chi connectivity index (χ1n) is 6.53. The molecule has 0 aliphatic rings. The van der Waals surface area contributed by atoms with E-state index in [9.17, 15) is 0 Å². The van der Waals surface area contributed by atoms with Gasteiger partial charge in [0.1, 0.15) is 5.75 Å². The summed E-state index contributed by atoms with van der Waals surface area (Å²) in [6.45, 7) is 7.84. The maximum atomic E-state index is 5.42. The Balaban J connectivity index is 2.67. The van der Waals surface area contributed by atoms with Crippen LogP contribution in [0.25, 0.3) is 0 Å². The van der Waals surface area contributed by atoms with Gasteiger partial charge < -0.3 is 10.1 Å². The van der Waals surface area contributed by atoms with Gasteiger partial charge in [0.15, 0.2) is 0 Å². The van der Waals surface area contributed by atoms with Gasteiger partial charge in [-0.1, -0.05) is 20.8 Å². The molecule has 0 aliphatic carbocycles. The van der Waals surface area contributed by atoms with E-state index < -0.39 is 0 Å². The number of thiophene rings is 1. The average molecular weight is 255 g/mol. The predicted octanol–water partition coefficient (Wildman–Crippen LogP) is 4.23. The van der Waals surface area contributed by atoms with Gasteiger partial charge in [-0.25, -0.2) is 0 Å². The zero-order chi connectivity index (χ0) is 12.7. The van der Waals surface area contributed by atoms with Gasteiger partial charge in [-0.05, 0) is 43.2 Å². The van der Waals surface area contributed by atoms with E-state index in [4.69, 9.17) is 4.74 Å². The van der Waals surface area contributed by atoms with E-state index in [1.807, 2.05) is 0 Å². The van der Waals surface area contributed by atoms with Crippen molar-refractivity contribution in [2.45, 2.75) is 46.1 Å². The zero-order valence-corrected chi connectivity index (χ0v) is 12.3. The number of hydrogen-bond acceptors (Lipinski definition) is 3. The standard InChI is InChI=1S/C14H25NOS/c1-5-9-15-12(7-6-11(2)3)14-13(16-4)8-10-17-14/h8,10-12,15H,5-7,9H2,1-4H3. The molecule has 98 valence electrons. The SMILES string of the molecule is CCCNC(CCC(C)C)c1sccc1OC. The van der Waals surface area contributed by atoms with Gasteiger partial charge in [-0.3, -0.25) is 0 Å². The van der Waals surface area contributed by atoms with Gasteiger partial charge in [-0.15, -0.1) is 11.3 Å². The van der Waals surface area contributed by atoms with Crippen molar-refractivity contribution in [2.75, 3.05) is 13.7 Å². The Morgan fingerprint density at radius 3 is 2.71 bits per heavy atom. The first kappa shape index (κ1) is 14.5. The molecule has 0 amide bonds. The van der Waals surface area contributed by atoms with E-state index in [1.54, 1.807) is 18.4 Å². The molecule has 0 saturated carbocycles. The van der Waals surface area contributed by atoms with E-state index in [0.29, 0.717) is 6.04 Å². The van der Waals surface area contributed by atoms with Crippen LogP contribution >= 0.6 is 11.3 Å². The fourth-order valence-corrected chi connectivity index (χ4v) is 2.85. The molecule has 0 bridgehead atoms. The number of methoxy groups -OCH3 is 1. The summed E-state index contributed by atoms with van der Waals surface area (Å²) in [5, 5.41) is 5.75. The number of rotatable bonds is 8. The molecule has 1 atom stereocenters. The van der Waals surface area contributed by atoms with Gasteiger partial charge >= 0.3 is 0 Å². The molecule has 1 aromatic rings. The Labute approximate surface area is 109 Å². The molecular formula is C14H25NOS. The lowest BCUT2D eigenvalue weighted by Gasteiger charge is -2.19. The maximum Gasteiger partial charge on any atom is 0.134 e. The van der Waals surface area contributed by atoms with Crippen molar-refractivity contribution < 1.29 is 4.74 Å². The molecule has 1 aromatic heterocycles. The van der Waals surface area contributed by atoms with Crippen molar-refractivity contribution in [1.82, 2.24) is 5.32 Å². The molecule has 1 rings (SSSR count). The third kappa shape index (κ3) is 4.68. The minimum absolute atomic E-state index is 0.451. The molecule has 0 aliphatic heterocycles. The fraction of sp³-hybridized carbons (Fsp3) is 0.714. The largest absolute Gasteiger partial charge is 0.496 e. The van der Waals surface area contributed by atoms with Crippen LogP contribution < -0.4 is 10.1 Å². The van der Waals surface area contributed by atoms with Crippen LogP contribution in [0.3, 0.4) is 0 Å². The molecule has 1 heterocycles. The fourth-order valence-electron chi connectivity index (χ4n) is 1.88. The summed E-state index contributed by atoms with van der Waals surface area (Å²) < 4.78 is 5.42. The third-order valence-electron chi connectivity index (χ3n) is 2.87. The van der Waals surface area contributed by atoms with Gasteiger partial charge in [0.25, 0.3) is 0 Å². The Kier molecular flexibility index (Phi) is 6.60. The normalized spacial score (nSPS) is 13.0. The highest BCUT2D eigenvalue weighted by atomic mass is 32.1. The first-order chi connectivity index (χ1) is 8.19. The van der Waals surface area contributed by atoms with Crippen molar-refractivity contribution in [3.05, 3.63) is 16.3 Å². The summed E-state index contributed by atoms with van der Waals surface area (Å²) in [4.78, 5) is 1.35. The highest BCUT2D eigenvalue weighted by Gasteiger charge is 2.17. The summed E-state index contributed by atoms with van der Waals surface area (Å²) in [7, 11) is 1.75. The second kappa shape index (κ2) is 7.72. The minimum atomic E-state index is 0.451. The Hall–Kier alpha value is -0.540. The summed E-state index contributed by atoms with van der Waals surface area (Å²) >= 11 is 1.80. The second-order valence-electron chi connectivity index (χ2n) is 4.83. The second-order valence-corrected chi connectivity index (χ2v) is 5.78. The smallest absolute Gasteiger partial charge is 0.134 e. The van der Waals surface area contributed by atoms with E-state index >= 15 is 0 Å². The van der Waals surface area contributed by atoms with E-state index in [0.717, 1.165) is 18.2 Å². The monoisotopic (exact) mass is 255 g/mol. The van der Waals surface area contributed by atoms with Crippen LogP contribution in [-0.2, 0) is 0 Å². The van der Waals surface area contributed by atoms with Crippen molar-refractivity contribution >= 4 is 11.3 Å². The van der Waals surface area contributed by atoms with E-state index in [1.165, 1.54) is 24.1 Å². The average Bonchev–Trinajstić information content (AvgIpc) is 2.77. The molecule has 1 unspecified atom stereocenters. The summed E-state index contributed by atoms with van der Waals surface area (Å²) in [6, 6.07) is 2.52. The molecule has 1 N–H and O–H groups in total. The van der Waals surface area contributed by atoms with Crippen LogP contribution in [0.4, 0.5) is 0 Å². The number of ether oxygens (including phenoxy) is 1. The van der Waals surface area contributed by atoms with Gasteiger partial charge in [0, 0.05) is 6.04 Å². The molecule has 0 radical (unpaired) electrons. The Bertz CT molecular complexity index is 309. The van der Waals surface area contributed by atoms with Crippen molar-refractivity contribution in [2.24, 2.45) is 5.92 Å². The lowest BCUT2D eigenvalue weighted by atomic mass is 10.0. The number of nitrogens with one attached hydrogen (secondary N) is 1. The molecular weight excluding hydrogens is 230 g/mol. The number of hydrogen-bond donors (Lipinski definition) is 1. The van der Waals surface area contributed by atoms with E-state index in [-0.39, 0.29) is 0 Å². The topological polar surface area (TPSA) is 21.3 Å². The molecule has 0 saturated heterocycles. The zero-order valence-electron chi connectivity index (χ0n) is 11.5. The maximum absolute atomic E-state index is 5.42. The first-order valence-corrected chi connectivity index (χ1v) is 7.41. The lowest BCUT2D eigenvalue weighted by Crippen LogP contribution is -2.22. The quantitative estimate of drug-likeness (QED) is 0.750. The highest BCUT2D eigenvalue weighted by Crippen LogP contribution is 2.33. The van der Waals surface area contributed by atoms with Crippen LogP contribution in [0.5, 0.6) is 5.75 Å². The molecule has 0 spiro atoms. The van der Waals surface area contributed by atoms with Crippen molar-refractivity contribution in [1.29, 1.82) is 0 Å². The van der Waals surface area contributed by atoms with Crippen molar-refractivity contribution in [3.63, 3.8) is 0 Å². The predicted molar refractivity (Wildman–Crippen MR) is 76.0 cm³/mol. The van der Waals surface area contributed by atoms with Crippen LogP contribution in [0.15, 0.2) is 11.4 Å². The van der Waals surface area contributed by atoms with Crippen LogP contribution in [-0.4, -0.2) is 13.7 Å². The van der Waals surface area contributed by atoms with Crippen LogP contribution in [0.2, 0.25) is 0 Å². The summed E-state index contributed by atoms with van der Waals surface area (Å²) in [6.07, 6.45) is 3.61. The van der Waals surface area contributed by atoms with Crippen LogP contribution in [0, 0.1) is 5.92 Å². The Morgan fingerprint density at radius 1 is 1.35 bits per heavy atom. The summed E-state index contributed by atoms with van der Waals surface area (Å²) in [5.74, 6) is 1.79. The minimum Gasteiger partial charge on any atom is -0.496 e. The van der Waals surface area contributed by atoms with Crippen LogP contribution in [0.1, 0.15) is 51.0 Å². The van der Waals surface area contributed by atoms with Gasteiger partial charge in [0.05, 0.1) is 12.0 Å². The van der Waals surface area contributed by atoms with Gasteiger partial charge in [0.2, 0.25) is 0 Å². The lowest BCUT2D eigenvalue weighted by molar-refractivity contribution is 0.391. The molecule has 0 fully saturated rings. The highest BCUT2D eigenvalue weighted by molar-refractivity contribution is 7.10. The molecule has 17 heavy (non-hydrogen) atoms. The third-order valence-corrected chi connectivity index (χ3v) is 3.88. The molecule has 2 nitrogen and oxygen atoms in total. The van der Waals surface area contributed by atoms with Crippen molar-refractivity contribution in [3.8, 4) is 5.75 Å². The summed E-state index contributed by atoms with van der Waals surface area (Å²) in [5.41, 5.74) is 0. The van der Waals surface area contributed by atoms with E-state index in [2.05, 4.69) is 37.5 Å². The Morgan fingerprint density at radius 2 is 2.12 bits per heavy atom. The molecule has 3 heteroatoms. The molecule has 0 aromatic carbocycles. The van der Waals surface area contributed by atoms with Gasteiger partial charge in [-0.2, -0.15) is 0 Å².